The van der Waals surface area contributed by atoms with Crippen LogP contribution in [0.2, 0.25) is 0 Å². The first-order valence-corrected chi connectivity index (χ1v) is 7.41. The molecule has 2 heterocycles. The van der Waals surface area contributed by atoms with Crippen LogP contribution < -0.4 is 10.1 Å². The second kappa shape index (κ2) is 6.52. The highest BCUT2D eigenvalue weighted by Gasteiger charge is 2.14. The molecule has 0 bridgehead atoms. The Balaban J connectivity index is 1.71. The maximum Gasteiger partial charge on any atom is 0.225 e. The van der Waals surface area contributed by atoms with E-state index in [2.05, 4.69) is 10.3 Å². The SMILES string of the molecule is COc1ccc2c(CC(=O)N[C@@H](C)c3cccnc3)coc2c1. The second-order valence-electron chi connectivity index (χ2n) is 5.38. The normalized spacial score (nSPS) is 12.1. The van der Waals surface area contributed by atoms with E-state index in [0.717, 1.165) is 22.3 Å². The van der Waals surface area contributed by atoms with Crippen LogP contribution in [0.1, 0.15) is 24.1 Å². The number of hydrogen-bond acceptors (Lipinski definition) is 4. The third-order valence-electron chi connectivity index (χ3n) is 3.78. The minimum atomic E-state index is -0.0885. The largest absolute Gasteiger partial charge is 0.497 e. The van der Waals surface area contributed by atoms with Crippen molar-refractivity contribution in [3.63, 3.8) is 0 Å². The van der Waals surface area contributed by atoms with Gasteiger partial charge in [0.1, 0.15) is 11.3 Å². The summed E-state index contributed by atoms with van der Waals surface area (Å²) >= 11 is 0. The number of aromatic nitrogens is 1. The Morgan fingerprint density at radius 2 is 2.26 bits per heavy atom. The van der Waals surface area contributed by atoms with Gasteiger partial charge in [0.2, 0.25) is 5.91 Å². The van der Waals surface area contributed by atoms with Crippen molar-refractivity contribution in [2.45, 2.75) is 19.4 Å². The number of benzene rings is 1. The highest BCUT2D eigenvalue weighted by Crippen LogP contribution is 2.26. The van der Waals surface area contributed by atoms with Gasteiger partial charge in [0.25, 0.3) is 0 Å². The molecule has 0 aliphatic heterocycles. The Hall–Kier alpha value is -2.82. The first-order valence-electron chi connectivity index (χ1n) is 7.41. The van der Waals surface area contributed by atoms with E-state index in [0.29, 0.717) is 5.58 Å². The summed E-state index contributed by atoms with van der Waals surface area (Å²) < 4.78 is 10.7. The molecule has 1 amide bonds. The van der Waals surface area contributed by atoms with Crippen LogP contribution in [0.5, 0.6) is 5.75 Å². The van der Waals surface area contributed by atoms with Crippen LogP contribution in [0.3, 0.4) is 0 Å². The van der Waals surface area contributed by atoms with E-state index in [-0.39, 0.29) is 18.4 Å². The molecule has 118 valence electrons. The van der Waals surface area contributed by atoms with Gasteiger partial charge in [-0.25, -0.2) is 0 Å². The van der Waals surface area contributed by atoms with Gasteiger partial charge >= 0.3 is 0 Å². The van der Waals surface area contributed by atoms with Crippen LogP contribution >= 0.6 is 0 Å². The van der Waals surface area contributed by atoms with Crippen molar-refractivity contribution in [1.82, 2.24) is 10.3 Å². The van der Waals surface area contributed by atoms with Crippen molar-refractivity contribution in [2.75, 3.05) is 7.11 Å². The summed E-state index contributed by atoms with van der Waals surface area (Å²) in [6.45, 7) is 1.94. The Kier molecular flexibility index (Phi) is 4.28. The van der Waals surface area contributed by atoms with E-state index < -0.39 is 0 Å². The zero-order valence-electron chi connectivity index (χ0n) is 13.1. The molecule has 0 spiro atoms. The Morgan fingerprint density at radius 1 is 1.39 bits per heavy atom. The Labute approximate surface area is 134 Å². The number of carbonyl (C=O) groups excluding carboxylic acids is 1. The predicted octanol–water partition coefficient (Wildman–Crippen LogP) is 3.26. The molecular weight excluding hydrogens is 292 g/mol. The summed E-state index contributed by atoms with van der Waals surface area (Å²) in [7, 11) is 1.61. The number of carbonyl (C=O) groups is 1. The van der Waals surface area contributed by atoms with Crippen LogP contribution in [-0.4, -0.2) is 18.0 Å². The highest BCUT2D eigenvalue weighted by atomic mass is 16.5. The fraction of sp³-hybridized carbons (Fsp3) is 0.222. The van der Waals surface area contributed by atoms with Gasteiger partial charge in [-0.15, -0.1) is 0 Å². The number of rotatable bonds is 5. The van der Waals surface area contributed by atoms with Gasteiger partial charge in [-0.1, -0.05) is 6.07 Å². The van der Waals surface area contributed by atoms with E-state index in [1.807, 2.05) is 37.3 Å². The molecule has 5 nitrogen and oxygen atoms in total. The molecule has 1 aromatic carbocycles. The monoisotopic (exact) mass is 310 g/mol. The zero-order chi connectivity index (χ0) is 16.2. The molecule has 0 aliphatic rings. The van der Waals surface area contributed by atoms with E-state index in [1.54, 1.807) is 25.8 Å². The first-order chi connectivity index (χ1) is 11.2. The number of fused-ring (bicyclic) bond motifs is 1. The number of nitrogens with one attached hydrogen (secondary N) is 1. The maximum atomic E-state index is 12.3. The van der Waals surface area contributed by atoms with Crippen LogP contribution in [0.25, 0.3) is 11.0 Å². The summed E-state index contributed by atoms with van der Waals surface area (Å²) in [4.78, 5) is 16.3. The molecule has 1 N–H and O–H groups in total. The number of nitrogens with zero attached hydrogens (tertiary/aromatic N) is 1. The molecule has 0 aliphatic carbocycles. The Bertz CT molecular complexity index is 812. The zero-order valence-corrected chi connectivity index (χ0v) is 13.1. The predicted molar refractivity (Wildman–Crippen MR) is 87.3 cm³/mol. The van der Waals surface area contributed by atoms with Gasteiger partial charge in [-0.3, -0.25) is 9.78 Å². The van der Waals surface area contributed by atoms with Crippen LogP contribution in [0.15, 0.2) is 53.4 Å². The fourth-order valence-electron chi connectivity index (χ4n) is 2.51. The number of methoxy groups -OCH3 is 1. The lowest BCUT2D eigenvalue weighted by Crippen LogP contribution is -2.28. The molecule has 5 heteroatoms. The van der Waals surface area contributed by atoms with Gasteiger partial charge in [0.15, 0.2) is 0 Å². The van der Waals surface area contributed by atoms with Crippen LogP contribution in [-0.2, 0) is 11.2 Å². The lowest BCUT2D eigenvalue weighted by atomic mass is 10.1. The van der Waals surface area contributed by atoms with Crippen molar-refractivity contribution >= 4 is 16.9 Å². The van der Waals surface area contributed by atoms with Gasteiger partial charge < -0.3 is 14.5 Å². The average molecular weight is 310 g/mol. The molecule has 2 aromatic heterocycles. The van der Waals surface area contributed by atoms with Crippen molar-refractivity contribution < 1.29 is 13.9 Å². The number of furan rings is 1. The summed E-state index contributed by atoms with van der Waals surface area (Å²) in [6, 6.07) is 9.29. The molecule has 0 fully saturated rings. The van der Waals surface area contributed by atoms with Gasteiger partial charge in [-0.05, 0) is 30.7 Å². The summed E-state index contributed by atoms with van der Waals surface area (Å²) in [5, 5.41) is 3.90. The Morgan fingerprint density at radius 3 is 3.00 bits per heavy atom. The minimum absolute atomic E-state index is 0.0557. The van der Waals surface area contributed by atoms with E-state index >= 15 is 0 Å². The lowest BCUT2D eigenvalue weighted by Gasteiger charge is -2.13. The van der Waals surface area contributed by atoms with Crippen molar-refractivity contribution in [1.29, 1.82) is 0 Å². The number of hydrogen-bond donors (Lipinski definition) is 1. The van der Waals surface area contributed by atoms with Gasteiger partial charge in [0.05, 0.1) is 25.8 Å². The van der Waals surface area contributed by atoms with Crippen molar-refractivity contribution in [3.8, 4) is 5.75 Å². The smallest absolute Gasteiger partial charge is 0.225 e. The van der Waals surface area contributed by atoms with Crippen LogP contribution in [0.4, 0.5) is 0 Å². The molecule has 3 aromatic rings. The van der Waals surface area contributed by atoms with Gasteiger partial charge in [0, 0.05) is 29.4 Å². The molecular formula is C18H18N2O3. The van der Waals surface area contributed by atoms with Crippen molar-refractivity contribution in [3.05, 3.63) is 60.1 Å². The molecule has 23 heavy (non-hydrogen) atoms. The topological polar surface area (TPSA) is 64.4 Å². The number of pyridine rings is 1. The molecule has 3 rings (SSSR count). The van der Waals surface area contributed by atoms with E-state index in [1.165, 1.54) is 0 Å². The molecule has 0 saturated heterocycles. The molecule has 0 saturated carbocycles. The summed E-state index contributed by atoms with van der Waals surface area (Å²) in [5.74, 6) is 0.674. The molecule has 1 atom stereocenters. The number of amides is 1. The first kappa shape index (κ1) is 15.1. The third-order valence-corrected chi connectivity index (χ3v) is 3.78. The summed E-state index contributed by atoms with van der Waals surface area (Å²) in [5.41, 5.74) is 2.55. The fourth-order valence-corrected chi connectivity index (χ4v) is 2.51. The average Bonchev–Trinajstić information content (AvgIpc) is 2.97. The maximum absolute atomic E-state index is 12.3. The van der Waals surface area contributed by atoms with Gasteiger partial charge in [-0.2, -0.15) is 0 Å². The van der Waals surface area contributed by atoms with Crippen molar-refractivity contribution in [2.24, 2.45) is 0 Å². The van der Waals surface area contributed by atoms with Crippen LogP contribution in [0, 0.1) is 0 Å². The molecule has 0 unspecified atom stereocenters. The number of ether oxygens (including phenoxy) is 1. The quantitative estimate of drug-likeness (QED) is 0.785. The van der Waals surface area contributed by atoms with E-state index in [4.69, 9.17) is 9.15 Å². The van der Waals surface area contributed by atoms with E-state index in [9.17, 15) is 4.79 Å². The molecule has 0 radical (unpaired) electrons. The highest BCUT2D eigenvalue weighted by molar-refractivity contribution is 5.88. The third kappa shape index (κ3) is 3.34. The second-order valence-corrected chi connectivity index (χ2v) is 5.38. The minimum Gasteiger partial charge on any atom is -0.497 e. The standard InChI is InChI=1S/C18H18N2O3/c1-12(13-4-3-7-19-10-13)20-18(21)8-14-11-23-17-9-15(22-2)5-6-16(14)17/h3-7,9-12H,8H2,1-2H3,(H,20,21)/t12-/m0/s1. The lowest BCUT2D eigenvalue weighted by molar-refractivity contribution is -0.121. The summed E-state index contributed by atoms with van der Waals surface area (Å²) in [6.07, 6.45) is 5.36.